The molecule has 9 heteroatoms. The minimum atomic E-state index is -0.720. The Hall–Kier alpha value is -4.09. The minimum absolute atomic E-state index is 0. The molecule has 1 unspecified atom stereocenters. The van der Waals surface area contributed by atoms with E-state index >= 15 is 0 Å². The van der Waals surface area contributed by atoms with Gasteiger partial charge in [-0.15, -0.1) is 6.42 Å². The first kappa shape index (κ1) is 35.9. The number of aliphatic carboxylic acids is 1. The van der Waals surface area contributed by atoms with Crippen LogP contribution in [-0.4, -0.2) is 33.2 Å². The summed E-state index contributed by atoms with van der Waals surface area (Å²) < 4.78 is 2.09. The number of imidazole rings is 1. The van der Waals surface area contributed by atoms with Gasteiger partial charge >= 0.3 is 35.5 Å². The molecule has 210 valence electrons. The van der Waals surface area contributed by atoms with Gasteiger partial charge in [0.1, 0.15) is 6.04 Å². The van der Waals surface area contributed by atoms with Crippen LogP contribution in [0, 0.1) is 12.3 Å². The monoisotopic (exact) mass is 570 g/mol. The molecule has 0 amide bonds. The molecule has 6 rings (SSSR count). The second kappa shape index (κ2) is 21.6. The zero-order valence-corrected chi connectivity index (χ0v) is 26.2. The normalized spacial score (nSPS) is 15.1. The van der Waals surface area contributed by atoms with Gasteiger partial charge < -0.3 is 26.1 Å². The molecule has 0 bridgehead atoms. The van der Waals surface area contributed by atoms with Gasteiger partial charge in [0.2, 0.25) is 0 Å². The van der Waals surface area contributed by atoms with Crippen molar-refractivity contribution in [3.05, 3.63) is 137 Å². The Balaban J connectivity index is 0.000000290. The fourth-order valence-corrected chi connectivity index (χ4v) is 3.85. The molecule has 0 spiro atoms. The Morgan fingerprint density at radius 2 is 1.67 bits per heavy atom. The quantitative estimate of drug-likeness (QED) is 0.157. The summed E-state index contributed by atoms with van der Waals surface area (Å²) in [7, 11) is 0. The Bertz CT molecular complexity index is 1410. The van der Waals surface area contributed by atoms with E-state index in [1.807, 2.05) is 54.9 Å². The van der Waals surface area contributed by atoms with E-state index in [1.54, 1.807) is 0 Å². The molecular formula is C33H35N6NaO2. The maximum absolute atomic E-state index is 10.1. The van der Waals surface area contributed by atoms with E-state index in [4.69, 9.17) is 22.6 Å². The maximum Gasteiger partial charge on any atom is 1.00 e. The van der Waals surface area contributed by atoms with Gasteiger partial charge in [0.05, 0.1) is 12.0 Å². The predicted octanol–water partition coefficient (Wildman–Crippen LogP) is 4.60. The third kappa shape index (κ3) is 14.0. The van der Waals surface area contributed by atoms with Crippen molar-refractivity contribution >= 4 is 11.7 Å². The van der Waals surface area contributed by atoms with Crippen molar-refractivity contribution in [3.63, 3.8) is 0 Å². The number of benzene rings is 2. The number of carbonyl (C=O) groups is 1. The Morgan fingerprint density at radius 3 is 2.07 bits per heavy atom. The van der Waals surface area contributed by atoms with Crippen LogP contribution in [0.4, 0.5) is 0 Å². The fraction of sp³-hybridized carbons (Fsp3) is 0.212. The summed E-state index contributed by atoms with van der Waals surface area (Å²) in [6, 6.07) is 19.6. The van der Waals surface area contributed by atoms with Crippen molar-refractivity contribution in [3.8, 4) is 23.6 Å². The molecule has 2 heterocycles. The van der Waals surface area contributed by atoms with E-state index in [2.05, 4.69) is 82.5 Å². The molecule has 2 aliphatic carbocycles. The Morgan fingerprint density at radius 1 is 1.05 bits per heavy atom. The van der Waals surface area contributed by atoms with Gasteiger partial charge in [-0.05, 0) is 50.9 Å². The zero-order chi connectivity index (χ0) is 29.7. The Labute approximate surface area is 270 Å². The molecule has 1 aliphatic heterocycles. The first-order valence-corrected chi connectivity index (χ1v) is 13.2. The fourth-order valence-electron chi connectivity index (χ4n) is 3.85. The second-order valence-corrected chi connectivity index (χ2v) is 9.05. The number of terminal acetylenes is 1. The second-order valence-electron chi connectivity index (χ2n) is 9.05. The van der Waals surface area contributed by atoms with Crippen molar-refractivity contribution in [1.29, 1.82) is 0 Å². The number of allylic oxidation sites excluding steroid dienone is 8. The molecule has 3 aliphatic rings. The van der Waals surface area contributed by atoms with Crippen LogP contribution in [0.5, 0.6) is 0 Å². The molecule has 0 radical (unpaired) electrons. The molecule has 1 atom stereocenters. The van der Waals surface area contributed by atoms with Crippen LogP contribution in [0.15, 0.2) is 115 Å². The maximum atomic E-state index is 10.1. The topological polar surface area (TPSA) is 126 Å². The number of rotatable bonds is 3. The molecule has 1 saturated heterocycles. The van der Waals surface area contributed by atoms with E-state index in [0.29, 0.717) is 0 Å². The average molecular weight is 571 g/mol. The Kier molecular flexibility index (Phi) is 18.5. The summed E-state index contributed by atoms with van der Waals surface area (Å²) >= 11 is 0. The molecule has 42 heavy (non-hydrogen) atoms. The summed E-state index contributed by atoms with van der Waals surface area (Å²) in [4.78, 5) is 16.1. The number of carboxylic acid groups (broad SMARTS) is 1. The molecular weight excluding hydrogens is 535 g/mol. The molecule has 1 aromatic heterocycles. The van der Waals surface area contributed by atoms with E-state index in [0.717, 1.165) is 42.6 Å². The molecule has 8 nitrogen and oxygen atoms in total. The van der Waals surface area contributed by atoms with Gasteiger partial charge in [-0.3, -0.25) is 9.71 Å². The van der Waals surface area contributed by atoms with Crippen LogP contribution in [-0.2, 0) is 4.79 Å². The van der Waals surface area contributed by atoms with E-state index < -0.39 is 5.97 Å². The third-order valence-corrected chi connectivity index (χ3v) is 5.99. The standard InChI is InChI=1S/C14H12N2.C8H6.C6H8.C5H9NO2.N3.Na/c1-2-6-12(7-3-1)14-10-16(11-15-14)13-8-4-5-9-13;1-2-8-6-4-3-5-7-8;1-6-4-2-3-5-6;7-5(8)4-2-1-3-6-4;1-3-2;/h1-8,10-11H,9H2;1,3-7H;2-4H,5H2,1H3;4,6H,1-3H2,(H,7,8);;/q;;;;-1;+1. The number of hydrogen-bond acceptors (Lipinski definition) is 3. The summed E-state index contributed by atoms with van der Waals surface area (Å²) in [5, 5.41) is 11.2. The van der Waals surface area contributed by atoms with Crippen molar-refractivity contribution in [2.24, 2.45) is 0 Å². The van der Waals surface area contributed by atoms with Crippen LogP contribution in [0.2, 0.25) is 0 Å². The van der Waals surface area contributed by atoms with Crippen LogP contribution >= 0.6 is 0 Å². The average Bonchev–Trinajstić information content (AvgIpc) is 3.84. The number of aromatic nitrogens is 2. The third-order valence-electron chi connectivity index (χ3n) is 5.99. The van der Waals surface area contributed by atoms with Crippen molar-refractivity contribution < 1.29 is 39.5 Å². The van der Waals surface area contributed by atoms with Crippen molar-refractivity contribution in [1.82, 2.24) is 14.9 Å². The van der Waals surface area contributed by atoms with Crippen LogP contribution < -0.4 is 34.9 Å². The first-order chi connectivity index (χ1) is 20.0. The first-order valence-electron chi connectivity index (χ1n) is 13.2. The van der Waals surface area contributed by atoms with Gasteiger partial charge in [0.25, 0.3) is 0 Å². The number of carboxylic acids is 1. The van der Waals surface area contributed by atoms with E-state index in [-0.39, 0.29) is 35.6 Å². The van der Waals surface area contributed by atoms with E-state index in [9.17, 15) is 4.79 Å². The summed E-state index contributed by atoms with van der Waals surface area (Å²) in [5.74, 6) is 1.81. The number of nitrogens with one attached hydrogen (secondary N) is 1. The van der Waals surface area contributed by atoms with Crippen LogP contribution in [0.3, 0.4) is 0 Å². The molecule has 2 N–H and O–H groups in total. The van der Waals surface area contributed by atoms with Gasteiger partial charge in [-0.1, -0.05) is 90.4 Å². The summed E-state index contributed by atoms with van der Waals surface area (Å²) in [5.41, 5.74) is 19.4. The zero-order valence-electron chi connectivity index (χ0n) is 24.2. The number of hydrogen-bond donors (Lipinski definition) is 2. The molecule has 3 aromatic rings. The van der Waals surface area contributed by atoms with Crippen molar-refractivity contribution in [2.75, 3.05) is 6.54 Å². The van der Waals surface area contributed by atoms with Crippen LogP contribution in [0.1, 0.15) is 38.2 Å². The van der Waals surface area contributed by atoms with Crippen molar-refractivity contribution in [2.45, 2.75) is 38.6 Å². The molecule has 0 saturated carbocycles. The van der Waals surface area contributed by atoms with Gasteiger partial charge in [-0.2, -0.15) is 0 Å². The largest absolute Gasteiger partial charge is 1.00 e. The van der Waals surface area contributed by atoms with Crippen LogP contribution in [0.25, 0.3) is 32.9 Å². The SMILES string of the molecule is C#Cc1ccccc1.C1=CCC(n2cnc(-c3ccccc3)c2)=C1.CC1=CC=CC1.O=C(O)C1CCCN1.[N-]=[N+]=[N-].[Na+]. The van der Waals surface area contributed by atoms with Gasteiger partial charge in [0, 0.05) is 29.4 Å². The summed E-state index contributed by atoms with van der Waals surface area (Å²) in [6.45, 7) is 3.00. The molecule has 1 fully saturated rings. The minimum Gasteiger partial charge on any atom is -0.480 e. The van der Waals surface area contributed by atoms with Gasteiger partial charge in [0.15, 0.2) is 0 Å². The predicted molar refractivity (Wildman–Crippen MR) is 166 cm³/mol. The molecule has 2 aromatic carbocycles. The number of nitrogens with zero attached hydrogens (tertiary/aromatic N) is 5. The smallest absolute Gasteiger partial charge is 0.480 e. The van der Waals surface area contributed by atoms with Gasteiger partial charge in [-0.25, -0.2) is 4.98 Å². The van der Waals surface area contributed by atoms with E-state index in [1.165, 1.54) is 22.6 Å². The summed E-state index contributed by atoms with van der Waals surface area (Å²) in [6.07, 6.45) is 25.7.